The van der Waals surface area contributed by atoms with Gasteiger partial charge in [0.25, 0.3) is 0 Å². The van der Waals surface area contributed by atoms with Crippen molar-refractivity contribution < 1.29 is 4.79 Å². The number of nitrogens with two attached hydrogens (primary N) is 1. The van der Waals surface area contributed by atoms with Crippen LogP contribution in [0.15, 0.2) is 24.3 Å². The molecule has 0 aliphatic heterocycles. The van der Waals surface area contributed by atoms with Crippen LogP contribution >= 0.6 is 11.8 Å². The number of thioether (sulfide) groups is 1. The zero-order valence-corrected chi connectivity index (χ0v) is 8.93. The molecule has 0 aliphatic carbocycles. The standard InChI is InChI=1S/C10H14N2OS/c1-8-2-4-9(5-3-8)6-14-7-10(13)12-11/h2-5H,6-7,11H2,1H3,(H,12,13). The number of amides is 1. The fraction of sp³-hybridized carbons (Fsp3) is 0.300. The second-order valence-electron chi connectivity index (χ2n) is 3.05. The molecule has 0 aliphatic rings. The van der Waals surface area contributed by atoms with Crippen molar-refractivity contribution in [1.29, 1.82) is 0 Å². The topological polar surface area (TPSA) is 55.1 Å². The van der Waals surface area contributed by atoms with Gasteiger partial charge in [-0.2, -0.15) is 0 Å². The first-order chi connectivity index (χ1) is 6.72. The highest BCUT2D eigenvalue weighted by molar-refractivity contribution is 7.99. The number of benzene rings is 1. The molecule has 76 valence electrons. The van der Waals surface area contributed by atoms with Gasteiger partial charge in [-0.15, -0.1) is 11.8 Å². The molecule has 0 fully saturated rings. The van der Waals surface area contributed by atoms with Crippen molar-refractivity contribution in [2.75, 3.05) is 5.75 Å². The largest absolute Gasteiger partial charge is 0.294 e. The summed E-state index contributed by atoms with van der Waals surface area (Å²) in [4.78, 5) is 10.8. The molecule has 4 heteroatoms. The van der Waals surface area contributed by atoms with Gasteiger partial charge < -0.3 is 0 Å². The van der Waals surface area contributed by atoms with Crippen molar-refractivity contribution in [3.8, 4) is 0 Å². The molecule has 1 aromatic carbocycles. The number of hydrogen-bond donors (Lipinski definition) is 2. The highest BCUT2D eigenvalue weighted by Crippen LogP contribution is 2.12. The Hall–Kier alpha value is -1.00. The molecule has 0 spiro atoms. The van der Waals surface area contributed by atoms with Crippen LogP contribution < -0.4 is 11.3 Å². The van der Waals surface area contributed by atoms with Crippen LogP contribution in [-0.2, 0) is 10.5 Å². The van der Waals surface area contributed by atoms with Crippen LogP contribution in [0.4, 0.5) is 0 Å². The minimum absolute atomic E-state index is 0.137. The summed E-state index contributed by atoms with van der Waals surface area (Å²) < 4.78 is 0. The fourth-order valence-corrected chi connectivity index (χ4v) is 1.79. The fourth-order valence-electron chi connectivity index (χ4n) is 0.988. The summed E-state index contributed by atoms with van der Waals surface area (Å²) in [5, 5.41) is 0. The van der Waals surface area contributed by atoms with Crippen LogP contribution in [0, 0.1) is 6.92 Å². The normalized spacial score (nSPS) is 9.86. The van der Waals surface area contributed by atoms with Gasteiger partial charge in [0.05, 0.1) is 5.75 Å². The molecule has 14 heavy (non-hydrogen) atoms. The quantitative estimate of drug-likeness (QED) is 0.446. The number of nitrogens with one attached hydrogen (secondary N) is 1. The van der Waals surface area contributed by atoms with Crippen LogP contribution in [0.5, 0.6) is 0 Å². The smallest absolute Gasteiger partial charge is 0.243 e. The van der Waals surface area contributed by atoms with Gasteiger partial charge in [-0.1, -0.05) is 29.8 Å². The molecular weight excluding hydrogens is 196 g/mol. The van der Waals surface area contributed by atoms with Gasteiger partial charge in [-0.05, 0) is 12.5 Å². The predicted octanol–water partition coefficient (Wildman–Crippen LogP) is 1.22. The minimum atomic E-state index is -0.137. The summed E-state index contributed by atoms with van der Waals surface area (Å²) in [6.07, 6.45) is 0. The molecule has 1 rings (SSSR count). The Morgan fingerprint density at radius 3 is 2.64 bits per heavy atom. The maximum Gasteiger partial charge on any atom is 0.243 e. The number of carbonyl (C=O) groups is 1. The van der Waals surface area contributed by atoms with E-state index in [9.17, 15) is 4.79 Å². The maximum atomic E-state index is 10.8. The number of aryl methyl sites for hydroxylation is 1. The summed E-state index contributed by atoms with van der Waals surface area (Å²) in [6, 6.07) is 8.28. The molecule has 0 atom stereocenters. The van der Waals surface area contributed by atoms with E-state index in [1.165, 1.54) is 11.1 Å². The number of hydrazine groups is 1. The van der Waals surface area contributed by atoms with Crippen molar-refractivity contribution in [3.05, 3.63) is 35.4 Å². The molecule has 3 nitrogen and oxygen atoms in total. The van der Waals surface area contributed by atoms with E-state index in [1.54, 1.807) is 11.8 Å². The first-order valence-electron chi connectivity index (χ1n) is 4.35. The molecule has 1 aromatic rings. The molecule has 0 radical (unpaired) electrons. The summed E-state index contributed by atoms with van der Waals surface area (Å²) in [6.45, 7) is 2.05. The van der Waals surface area contributed by atoms with Gasteiger partial charge in [-0.25, -0.2) is 5.84 Å². The highest BCUT2D eigenvalue weighted by Gasteiger charge is 1.98. The van der Waals surface area contributed by atoms with E-state index in [4.69, 9.17) is 5.84 Å². The lowest BCUT2D eigenvalue weighted by atomic mass is 10.2. The Morgan fingerprint density at radius 1 is 1.43 bits per heavy atom. The molecular formula is C10H14N2OS. The Labute approximate surface area is 88.0 Å². The number of rotatable bonds is 4. The van der Waals surface area contributed by atoms with Crippen LogP contribution in [0.1, 0.15) is 11.1 Å². The lowest BCUT2D eigenvalue weighted by molar-refractivity contribution is -0.118. The number of carbonyl (C=O) groups excluding carboxylic acids is 1. The van der Waals surface area contributed by atoms with Crippen molar-refractivity contribution in [2.45, 2.75) is 12.7 Å². The summed E-state index contributed by atoms with van der Waals surface area (Å²) in [7, 11) is 0. The third-order valence-corrected chi connectivity index (χ3v) is 2.79. The van der Waals surface area contributed by atoms with Crippen LogP contribution in [0.2, 0.25) is 0 Å². The Morgan fingerprint density at radius 2 is 2.07 bits per heavy atom. The molecule has 0 saturated carbocycles. The van der Waals surface area contributed by atoms with Gasteiger partial charge in [0, 0.05) is 5.75 Å². The zero-order chi connectivity index (χ0) is 10.4. The van der Waals surface area contributed by atoms with E-state index in [1.807, 2.05) is 0 Å². The van der Waals surface area contributed by atoms with Crippen molar-refractivity contribution in [1.82, 2.24) is 5.43 Å². The van der Waals surface area contributed by atoms with Crippen molar-refractivity contribution in [3.63, 3.8) is 0 Å². The molecule has 0 heterocycles. The second-order valence-corrected chi connectivity index (χ2v) is 4.03. The van der Waals surface area contributed by atoms with Gasteiger partial charge in [0.15, 0.2) is 0 Å². The minimum Gasteiger partial charge on any atom is -0.294 e. The van der Waals surface area contributed by atoms with Gasteiger partial charge in [0.2, 0.25) is 5.91 Å². The van der Waals surface area contributed by atoms with E-state index in [-0.39, 0.29) is 5.91 Å². The van der Waals surface area contributed by atoms with Gasteiger partial charge in [0.1, 0.15) is 0 Å². The summed E-state index contributed by atoms with van der Waals surface area (Å²) in [5.41, 5.74) is 4.58. The first kappa shape index (κ1) is 11.1. The summed E-state index contributed by atoms with van der Waals surface area (Å²) >= 11 is 1.55. The van der Waals surface area contributed by atoms with E-state index in [0.717, 1.165) is 5.75 Å². The summed E-state index contributed by atoms with van der Waals surface area (Å²) in [5.74, 6) is 6.07. The van der Waals surface area contributed by atoms with Gasteiger partial charge in [-0.3, -0.25) is 10.2 Å². The Kier molecular flexibility index (Phi) is 4.49. The first-order valence-corrected chi connectivity index (χ1v) is 5.50. The van der Waals surface area contributed by atoms with Gasteiger partial charge >= 0.3 is 0 Å². The lowest BCUT2D eigenvalue weighted by Gasteiger charge is -2.01. The maximum absolute atomic E-state index is 10.8. The Balaban J connectivity index is 2.31. The third kappa shape index (κ3) is 3.81. The SMILES string of the molecule is Cc1ccc(CSCC(=O)NN)cc1. The molecule has 0 saturated heterocycles. The van der Waals surface area contributed by atoms with Crippen LogP contribution in [0.25, 0.3) is 0 Å². The van der Waals surface area contributed by atoms with E-state index < -0.39 is 0 Å². The zero-order valence-electron chi connectivity index (χ0n) is 8.12. The van der Waals surface area contributed by atoms with Crippen molar-refractivity contribution in [2.24, 2.45) is 5.84 Å². The van der Waals surface area contributed by atoms with Crippen LogP contribution in [0.3, 0.4) is 0 Å². The molecule has 1 amide bonds. The average molecular weight is 210 g/mol. The second kappa shape index (κ2) is 5.67. The highest BCUT2D eigenvalue weighted by atomic mass is 32.2. The lowest BCUT2D eigenvalue weighted by Crippen LogP contribution is -2.31. The van der Waals surface area contributed by atoms with Crippen molar-refractivity contribution >= 4 is 17.7 Å². The van der Waals surface area contributed by atoms with E-state index >= 15 is 0 Å². The van der Waals surface area contributed by atoms with E-state index in [2.05, 4.69) is 36.6 Å². The molecule has 0 unspecified atom stereocenters. The Bertz CT molecular complexity index is 297. The van der Waals surface area contributed by atoms with Crippen LogP contribution in [-0.4, -0.2) is 11.7 Å². The third-order valence-electron chi connectivity index (χ3n) is 1.78. The molecule has 3 N–H and O–H groups in total. The monoisotopic (exact) mass is 210 g/mol. The predicted molar refractivity (Wildman–Crippen MR) is 59.7 cm³/mol. The molecule has 0 aromatic heterocycles. The number of hydrogen-bond acceptors (Lipinski definition) is 3. The molecule has 0 bridgehead atoms. The average Bonchev–Trinajstić information content (AvgIpc) is 2.21. The van der Waals surface area contributed by atoms with E-state index in [0.29, 0.717) is 5.75 Å².